The van der Waals surface area contributed by atoms with E-state index >= 15 is 0 Å². The van der Waals surface area contributed by atoms with Crippen LogP contribution in [0.2, 0.25) is 0 Å². The molecule has 1 saturated heterocycles. The summed E-state index contributed by atoms with van der Waals surface area (Å²) in [7, 11) is 0. The molecule has 0 bridgehead atoms. The molecule has 0 aliphatic carbocycles. The Balaban J connectivity index is 1.64. The minimum atomic E-state index is -0.483. The third kappa shape index (κ3) is 5.69. The Morgan fingerprint density at radius 2 is 2.00 bits per heavy atom. The molecule has 1 unspecified atom stereocenters. The number of nitrogens with one attached hydrogen (secondary N) is 1. The van der Waals surface area contributed by atoms with Gasteiger partial charge >= 0.3 is 0 Å². The minimum absolute atomic E-state index is 0.0640. The molecule has 1 amide bonds. The maximum absolute atomic E-state index is 11.8. The van der Waals surface area contributed by atoms with Crippen LogP contribution < -0.4 is 5.32 Å². The summed E-state index contributed by atoms with van der Waals surface area (Å²) in [4.78, 5) is 13.0. The molecule has 1 aromatic rings. The van der Waals surface area contributed by atoms with Gasteiger partial charge in [-0.2, -0.15) is 0 Å². The number of amides is 1. The number of ether oxygens (including phenoxy) is 2. The number of hydrogen-bond acceptors (Lipinski definition) is 4. The molecular formula is C16H23NO3S. The summed E-state index contributed by atoms with van der Waals surface area (Å²) in [5.74, 6) is 0.345. The highest BCUT2D eigenvalue weighted by molar-refractivity contribution is 8.00. The van der Waals surface area contributed by atoms with Crippen molar-refractivity contribution >= 4 is 17.7 Å². The van der Waals surface area contributed by atoms with E-state index in [2.05, 4.69) is 12.2 Å². The topological polar surface area (TPSA) is 47.6 Å². The molecular weight excluding hydrogens is 286 g/mol. The first-order valence-electron chi connectivity index (χ1n) is 7.30. The van der Waals surface area contributed by atoms with E-state index in [9.17, 15) is 4.79 Å². The van der Waals surface area contributed by atoms with Crippen molar-refractivity contribution < 1.29 is 14.3 Å². The van der Waals surface area contributed by atoms with Gasteiger partial charge in [0.1, 0.15) is 0 Å². The molecule has 0 saturated carbocycles. The fraction of sp³-hybridized carbons (Fsp3) is 0.562. The second-order valence-electron chi connectivity index (χ2n) is 5.55. The van der Waals surface area contributed by atoms with Crippen LogP contribution in [0, 0.1) is 5.92 Å². The molecule has 1 fully saturated rings. The number of carbonyl (C=O) groups is 1. The smallest absolute Gasteiger partial charge is 0.230 e. The summed E-state index contributed by atoms with van der Waals surface area (Å²) in [5.41, 5.74) is 0. The van der Waals surface area contributed by atoms with Crippen LogP contribution in [0.25, 0.3) is 0 Å². The lowest BCUT2D eigenvalue weighted by atomic mass is 10.0. The first kappa shape index (κ1) is 16.3. The summed E-state index contributed by atoms with van der Waals surface area (Å²) < 4.78 is 11.2. The van der Waals surface area contributed by atoms with Crippen LogP contribution >= 0.6 is 11.8 Å². The maximum atomic E-state index is 11.8. The Labute approximate surface area is 130 Å². The third-order valence-corrected chi connectivity index (χ3v) is 4.39. The van der Waals surface area contributed by atoms with Gasteiger partial charge in [0, 0.05) is 17.9 Å². The van der Waals surface area contributed by atoms with Crippen molar-refractivity contribution in [1.29, 1.82) is 0 Å². The zero-order valence-electron chi connectivity index (χ0n) is 12.6. The van der Waals surface area contributed by atoms with Gasteiger partial charge in [-0.3, -0.25) is 4.79 Å². The molecule has 1 aromatic carbocycles. The summed E-state index contributed by atoms with van der Waals surface area (Å²) in [5, 5.41) is 2.97. The lowest BCUT2D eigenvalue weighted by Gasteiger charge is -2.26. The van der Waals surface area contributed by atoms with Crippen LogP contribution in [-0.4, -0.2) is 37.2 Å². The van der Waals surface area contributed by atoms with Crippen molar-refractivity contribution in [2.24, 2.45) is 5.92 Å². The van der Waals surface area contributed by atoms with Crippen LogP contribution in [-0.2, 0) is 14.3 Å². The van der Waals surface area contributed by atoms with Gasteiger partial charge in [-0.05, 0) is 25.0 Å². The number of thioether (sulfide) groups is 1. The highest BCUT2D eigenvalue weighted by atomic mass is 32.2. The molecule has 1 aliphatic rings. The van der Waals surface area contributed by atoms with Gasteiger partial charge in [0.15, 0.2) is 5.79 Å². The Kier molecular flexibility index (Phi) is 6.08. The maximum Gasteiger partial charge on any atom is 0.230 e. The van der Waals surface area contributed by atoms with Gasteiger partial charge in [-0.15, -0.1) is 11.8 Å². The molecule has 4 nitrogen and oxygen atoms in total. The van der Waals surface area contributed by atoms with Gasteiger partial charge in [-0.25, -0.2) is 0 Å². The number of rotatable bonds is 7. The monoisotopic (exact) mass is 309 g/mol. The third-order valence-electron chi connectivity index (χ3n) is 3.38. The van der Waals surface area contributed by atoms with E-state index in [1.54, 1.807) is 11.8 Å². The Bertz CT molecular complexity index is 446. The summed E-state index contributed by atoms with van der Waals surface area (Å²) in [6.07, 6.45) is 0.791. The predicted molar refractivity (Wildman–Crippen MR) is 84.3 cm³/mol. The van der Waals surface area contributed by atoms with Gasteiger partial charge in [0.2, 0.25) is 5.91 Å². The Morgan fingerprint density at radius 1 is 1.33 bits per heavy atom. The molecule has 1 heterocycles. The highest BCUT2D eigenvalue weighted by Gasteiger charge is 2.32. The molecule has 1 N–H and O–H groups in total. The molecule has 2 rings (SSSR count). The normalized spacial score (nSPS) is 18.4. The molecule has 0 radical (unpaired) electrons. The minimum Gasteiger partial charge on any atom is -0.355 e. The first-order chi connectivity index (χ1) is 10.1. The number of carbonyl (C=O) groups excluding carboxylic acids is 1. The van der Waals surface area contributed by atoms with Crippen molar-refractivity contribution in [3.8, 4) is 0 Å². The summed E-state index contributed by atoms with van der Waals surface area (Å²) >= 11 is 1.55. The highest BCUT2D eigenvalue weighted by Crippen LogP contribution is 2.26. The van der Waals surface area contributed by atoms with E-state index in [0.29, 0.717) is 31.4 Å². The molecule has 116 valence electrons. The quantitative estimate of drug-likeness (QED) is 0.787. The van der Waals surface area contributed by atoms with Crippen LogP contribution in [0.5, 0.6) is 0 Å². The average molecular weight is 309 g/mol. The van der Waals surface area contributed by atoms with Gasteiger partial charge in [-0.1, -0.05) is 25.1 Å². The predicted octanol–water partition coefficient (Wildman–Crippen LogP) is 2.68. The lowest BCUT2D eigenvalue weighted by Crippen LogP contribution is -2.35. The molecule has 1 aliphatic heterocycles. The summed E-state index contributed by atoms with van der Waals surface area (Å²) in [6.45, 7) is 6.02. The zero-order chi connectivity index (χ0) is 15.1. The number of benzene rings is 1. The second kappa shape index (κ2) is 7.82. The average Bonchev–Trinajstić information content (AvgIpc) is 2.90. The van der Waals surface area contributed by atoms with Crippen molar-refractivity contribution in [3.63, 3.8) is 0 Å². The fourth-order valence-electron chi connectivity index (χ4n) is 2.38. The van der Waals surface area contributed by atoms with E-state index < -0.39 is 5.79 Å². The fourth-order valence-corrected chi connectivity index (χ4v) is 3.13. The number of hydrogen-bond donors (Lipinski definition) is 1. The Morgan fingerprint density at radius 3 is 2.67 bits per heavy atom. The van der Waals surface area contributed by atoms with Crippen LogP contribution in [0.4, 0.5) is 0 Å². The van der Waals surface area contributed by atoms with Crippen molar-refractivity contribution in [2.45, 2.75) is 31.0 Å². The first-order valence-corrected chi connectivity index (χ1v) is 8.28. The van der Waals surface area contributed by atoms with Crippen LogP contribution in [0.1, 0.15) is 20.3 Å². The SMILES string of the molecule is CC(CNC(=O)CSc1ccccc1)CC1(C)OCCO1. The zero-order valence-corrected chi connectivity index (χ0v) is 13.4. The molecule has 0 spiro atoms. The molecule has 5 heteroatoms. The largest absolute Gasteiger partial charge is 0.355 e. The van der Waals surface area contributed by atoms with E-state index in [1.165, 1.54) is 0 Å². The van der Waals surface area contributed by atoms with Gasteiger partial charge in [0.05, 0.1) is 19.0 Å². The van der Waals surface area contributed by atoms with Crippen molar-refractivity contribution in [1.82, 2.24) is 5.32 Å². The molecule has 1 atom stereocenters. The Hall–Kier alpha value is -1.04. The van der Waals surface area contributed by atoms with Gasteiger partial charge in [0.25, 0.3) is 0 Å². The van der Waals surface area contributed by atoms with E-state index in [4.69, 9.17) is 9.47 Å². The second-order valence-corrected chi connectivity index (χ2v) is 6.59. The van der Waals surface area contributed by atoms with E-state index in [-0.39, 0.29) is 5.91 Å². The summed E-state index contributed by atoms with van der Waals surface area (Å²) in [6, 6.07) is 9.95. The van der Waals surface area contributed by atoms with Gasteiger partial charge < -0.3 is 14.8 Å². The molecule has 21 heavy (non-hydrogen) atoms. The van der Waals surface area contributed by atoms with E-state index in [1.807, 2.05) is 37.3 Å². The van der Waals surface area contributed by atoms with Crippen LogP contribution in [0.15, 0.2) is 35.2 Å². The standard InChI is InChI=1S/C16H23NO3S/c1-13(10-16(2)19-8-9-20-16)11-17-15(18)12-21-14-6-4-3-5-7-14/h3-7,13H,8-12H2,1-2H3,(H,17,18). The van der Waals surface area contributed by atoms with E-state index in [0.717, 1.165) is 11.3 Å². The van der Waals surface area contributed by atoms with Crippen molar-refractivity contribution in [3.05, 3.63) is 30.3 Å². The lowest BCUT2D eigenvalue weighted by molar-refractivity contribution is -0.154. The molecule has 0 aromatic heterocycles. The van der Waals surface area contributed by atoms with Crippen LogP contribution in [0.3, 0.4) is 0 Å². The van der Waals surface area contributed by atoms with Crippen molar-refractivity contribution in [2.75, 3.05) is 25.5 Å².